The van der Waals surface area contributed by atoms with E-state index in [1.807, 2.05) is 42.3 Å². The van der Waals surface area contributed by atoms with Crippen molar-refractivity contribution in [1.82, 2.24) is 9.58 Å². The summed E-state index contributed by atoms with van der Waals surface area (Å²) < 4.78 is 51.7. The number of unbranched alkanes of at least 4 members (excludes halogenated alkanes) is 1. The minimum Gasteiger partial charge on any atom is -0.487 e. The van der Waals surface area contributed by atoms with Crippen molar-refractivity contribution in [3.8, 4) is 5.75 Å². The van der Waals surface area contributed by atoms with Crippen molar-refractivity contribution in [2.24, 2.45) is 0 Å². The third-order valence-corrected chi connectivity index (χ3v) is 8.58. The number of carbonyl (C=O) groups is 1. The quantitative estimate of drug-likeness (QED) is 0.255. The van der Waals surface area contributed by atoms with Crippen molar-refractivity contribution in [1.29, 1.82) is 0 Å². The molecule has 1 aliphatic heterocycles. The molecule has 43 heavy (non-hydrogen) atoms. The van der Waals surface area contributed by atoms with E-state index in [1.54, 1.807) is 22.9 Å². The highest BCUT2D eigenvalue weighted by atomic mass is 19.2. The molecular weight excluding hydrogens is 555 g/mol. The summed E-state index contributed by atoms with van der Waals surface area (Å²) in [7, 11) is 0. The second-order valence-corrected chi connectivity index (χ2v) is 11.1. The smallest absolute Gasteiger partial charge is 0.278 e. The van der Waals surface area contributed by atoms with Crippen molar-refractivity contribution < 1.29 is 22.7 Å². The fourth-order valence-corrected chi connectivity index (χ4v) is 6.71. The van der Waals surface area contributed by atoms with Crippen LogP contribution in [-0.4, -0.2) is 28.8 Å². The zero-order valence-corrected chi connectivity index (χ0v) is 23.4. The second-order valence-electron chi connectivity index (χ2n) is 11.1. The summed E-state index contributed by atoms with van der Waals surface area (Å²) in [5.41, 5.74) is 2.41. The number of rotatable bonds is 7. The molecule has 0 bridgehead atoms. The van der Waals surface area contributed by atoms with Gasteiger partial charge in [-0.2, -0.15) is 0 Å². The summed E-state index contributed by atoms with van der Waals surface area (Å²) in [5, 5.41) is 1.91. The van der Waals surface area contributed by atoms with Crippen molar-refractivity contribution in [2.45, 2.75) is 38.3 Å². The van der Waals surface area contributed by atoms with E-state index in [1.165, 1.54) is 29.3 Å². The molecule has 7 rings (SSSR count). The first-order valence-electron chi connectivity index (χ1n) is 14.3. The van der Waals surface area contributed by atoms with Crippen LogP contribution in [0.2, 0.25) is 0 Å². The van der Waals surface area contributed by atoms with Gasteiger partial charge in [-0.25, -0.2) is 13.2 Å². The molecule has 2 heterocycles. The Morgan fingerprint density at radius 2 is 1.79 bits per heavy atom. The number of ether oxygens (including phenoxy) is 1. The molecule has 0 N–H and O–H groups in total. The number of pyridine rings is 1. The molecular formula is C34H28F3N3O3. The zero-order chi connectivity index (χ0) is 29.9. The number of hydrogen-bond donors (Lipinski definition) is 0. The summed E-state index contributed by atoms with van der Waals surface area (Å²) in [6.45, 7) is 2.29. The van der Waals surface area contributed by atoms with Crippen LogP contribution < -0.4 is 15.2 Å². The van der Waals surface area contributed by atoms with Crippen LogP contribution in [0.25, 0.3) is 6.08 Å². The summed E-state index contributed by atoms with van der Waals surface area (Å²) in [6, 6.07) is 17.8. The van der Waals surface area contributed by atoms with Crippen LogP contribution in [0.3, 0.4) is 0 Å². The first kappa shape index (κ1) is 27.1. The number of benzene rings is 3. The number of amides is 1. The first-order chi connectivity index (χ1) is 20.8. The average Bonchev–Trinajstić information content (AvgIpc) is 3.49. The van der Waals surface area contributed by atoms with Gasteiger partial charge in [0.2, 0.25) is 5.43 Å². The Kier molecular flexibility index (Phi) is 6.41. The monoisotopic (exact) mass is 583 g/mol. The third-order valence-electron chi connectivity index (χ3n) is 8.58. The van der Waals surface area contributed by atoms with E-state index < -0.39 is 34.3 Å². The highest BCUT2D eigenvalue weighted by molar-refractivity contribution is 5.96. The zero-order valence-electron chi connectivity index (χ0n) is 23.4. The van der Waals surface area contributed by atoms with E-state index >= 15 is 4.39 Å². The van der Waals surface area contributed by atoms with Gasteiger partial charge in [-0.05, 0) is 52.4 Å². The van der Waals surface area contributed by atoms with Gasteiger partial charge in [0, 0.05) is 30.8 Å². The van der Waals surface area contributed by atoms with Crippen LogP contribution in [0.15, 0.2) is 83.3 Å². The van der Waals surface area contributed by atoms with Crippen LogP contribution in [0.4, 0.5) is 13.2 Å². The van der Waals surface area contributed by atoms with Gasteiger partial charge in [-0.15, -0.1) is 0 Å². The molecule has 0 saturated carbocycles. The van der Waals surface area contributed by atoms with E-state index in [0.717, 1.165) is 29.2 Å². The Hall–Kier alpha value is -4.79. The Bertz CT molecular complexity index is 1880. The molecule has 4 aromatic rings. The number of fused-ring (bicyclic) bond motifs is 6. The second kappa shape index (κ2) is 10.2. The van der Waals surface area contributed by atoms with Crippen LogP contribution >= 0.6 is 0 Å². The van der Waals surface area contributed by atoms with Gasteiger partial charge < -0.3 is 9.64 Å². The summed E-state index contributed by atoms with van der Waals surface area (Å²) in [4.78, 5) is 28.9. The van der Waals surface area contributed by atoms with Crippen molar-refractivity contribution >= 4 is 12.0 Å². The normalized spacial score (nSPS) is 18.2. The van der Waals surface area contributed by atoms with Crippen molar-refractivity contribution in [3.05, 3.63) is 140 Å². The third kappa shape index (κ3) is 4.01. The van der Waals surface area contributed by atoms with E-state index in [2.05, 4.69) is 0 Å². The molecule has 0 fully saturated rings. The SMILES string of the molecule is CCCCOc1c2n(ccc1=O)N(C13C(=Cc4ccccc41)Cc1c3ccc(F)c1F)CN(Cc1cccc(F)c1)C2=O. The van der Waals surface area contributed by atoms with Gasteiger partial charge in [0.1, 0.15) is 18.0 Å². The van der Waals surface area contributed by atoms with Crippen LogP contribution in [0, 0.1) is 17.5 Å². The maximum Gasteiger partial charge on any atom is 0.278 e. The highest BCUT2D eigenvalue weighted by Crippen LogP contribution is 2.56. The molecule has 9 heteroatoms. The molecule has 1 aromatic heterocycles. The Morgan fingerprint density at radius 3 is 2.60 bits per heavy atom. The van der Waals surface area contributed by atoms with Crippen molar-refractivity contribution in [3.63, 3.8) is 0 Å². The number of aromatic nitrogens is 1. The van der Waals surface area contributed by atoms with Crippen molar-refractivity contribution in [2.75, 3.05) is 18.3 Å². The molecule has 2 aliphatic carbocycles. The van der Waals surface area contributed by atoms with E-state index in [-0.39, 0.29) is 43.2 Å². The summed E-state index contributed by atoms with van der Waals surface area (Å²) >= 11 is 0. The number of hydrogen-bond acceptors (Lipinski definition) is 4. The van der Waals surface area contributed by atoms with Gasteiger partial charge in [0.15, 0.2) is 23.1 Å². The van der Waals surface area contributed by atoms with Crippen LogP contribution in [0.5, 0.6) is 5.75 Å². The fourth-order valence-electron chi connectivity index (χ4n) is 6.71. The van der Waals surface area contributed by atoms with E-state index in [9.17, 15) is 18.4 Å². The lowest BCUT2D eigenvalue weighted by Gasteiger charge is -2.49. The van der Waals surface area contributed by atoms with Gasteiger partial charge >= 0.3 is 0 Å². The Labute approximate surface area is 246 Å². The van der Waals surface area contributed by atoms with Gasteiger partial charge in [0.05, 0.1) is 6.61 Å². The molecule has 6 nitrogen and oxygen atoms in total. The molecule has 218 valence electrons. The lowest BCUT2D eigenvalue weighted by molar-refractivity contribution is 0.0649. The maximum absolute atomic E-state index is 15.4. The predicted octanol–water partition coefficient (Wildman–Crippen LogP) is 5.89. The van der Waals surface area contributed by atoms with Gasteiger partial charge in [0.25, 0.3) is 5.91 Å². The molecule has 1 amide bonds. The largest absolute Gasteiger partial charge is 0.487 e. The minimum atomic E-state index is -1.12. The predicted molar refractivity (Wildman–Crippen MR) is 156 cm³/mol. The topological polar surface area (TPSA) is 54.8 Å². The first-order valence-corrected chi connectivity index (χ1v) is 14.3. The molecule has 3 aromatic carbocycles. The lowest BCUT2D eigenvalue weighted by atomic mass is 9.83. The van der Waals surface area contributed by atoms with Gasteiger partial charge in [-0.1, -0.05) is 61.9 Å². The van der Waals surface area contributed by atoms with E-state index in [0.29, 0.717) is 17.5 Å². The van der Waals surface area contributed by atoms with Crippen LogP contribution in [-0.2, 0) is 18.5 Å². The highest BCUT2D eigenvalue weighted by Gasteiger charge is 2.56. The molecule has 3 aliphatic rings. The summed E-state index contributed by atoms with van der Waals surface area (Å²) in [5.74, 6) is -2.80. The number of carbonyl (C=O) groups excluding carboxylic acids is 1. The standard InChI is InChI=1S/C34H28F3N3O3/c1-2-3-15-43-32-29(41)13-14-39-31(32)33(42)38(19-21-7-6-9-24(35)16-21)20-40(39)34-23(17-22-8-4-5-10-26(22)34)18-25-27(34)11-12-28(36)30(25)37/h4-14,16-17H,2-3,15,18-20H2,1H3. The Morgan fingerprint density at radius 1 is 0.953 bits per heavy atom. The fraction of sp³-hybridized carbons (Fsp3) is 0.235. The lowest BCUT2D eigenvalue weighted by Crippen LogP contribution is -2.62. The average molecular weight is 584 g/mol. The molecule has 1 unspecified atom stereocenters. The maximum atomic E-state index is 15.4. The molecule has 0 spiro atoms. The molecule has 0 saturated heterocycles. The van der Waals surface area contributed by atoms with Crippen LogP contribution in [0.1, 0.15) is 58.1 Å². The Balaban J connectivity index is 1.48. The number of nitrogens with zero attached hydrogens (tertiary/aromatic N) is 3. The molecule has 1 atom stereocenters. The molecule has 0 radical (unpaired) electrons. The minimum absolute atomic E-state index is 0.00370. The van der Waals surface area contributed by atoms with E-state index in [4.69, 9.17) is 4.74 Å². The van der Waals surface area contributed by atoms with Gasteiger partial charge in [-0.3, -0.25) is 19.3 Å². The summed E-state index contributed by atoms with van der Waals surface area (Å²) in [6.07, 6.45) is 5.20. The number of halogens is 3.